The van der Waals surface area contributed by atoms with Crippen LogP contribution in [0.25, 0.3) is 0 Å². The number of hydrogen-bond acceptors (Lipinski definition) is 4. The molecule has 0 heterocycles. The van der Waals surface area contributed by atoms with Crippen LogP contribution in [0.5, 0.6) is 0 Å². The van der Waals surface area contributed by atoms with Gasteiger partial charge in [0.1, 0.15) is 6.10 Å². The summed E-state index contributed by atoms with van der Waals surface area (Å²) in [6.07, 6.45) is 1.75. The van der Waals surface area contributed by atoms with Crippen LogP contribution in [-0.4, -0.2) is 35.0 Å². The number of aliphatic hydroxyl groups is 1. The topological polar surface area (TPSA) is 49.5 Å². The van der Waals surface area contributed by atoms with Crippen molar-refractivity contribution in [1.29, 1.82) is 0 Å². The second kappa shape index (κ2) is 4.88. The monoisotopic (exact) mass is 244 g/mol. The molecule has 0 aromatic rings. The van der Waals surface area contributed by atoms with Gasteiger partial charge in [-0.15, -0.1) is 0 Å². The zero-order valence-corrected chi connectivity index (χ0v) is 11.6. The Kier molecular flexibility index (Phi) is 4.18. The fourth-order valence-electron chi connectivity index (χ4n) is 1.96. The molecular formula is C12H24N2OS. The van der Waals surface area contributed by atoms with Gasteiger partial charge in [-0.25, -0.2) is 0 Å². The number of nitrogens with zero attached hydrogens (tertiary/aromatic N) is 1. The van der Waals surface area contributed by atoms with Crippen molar-refractivity contribution in [3.05, 3.63) is 11.4 Å². The van der Waals surface area contributed by atoms with Gasteiger partial charge in [0.2, 0.25) is 0 Å². The smallest absolute Gasteiger partial charge is 0.112 e. The Morgan fingerprint density at radius 2 is 2.00 bits per heavy atom. The molecule has 16 heavy (non-hydrogen) atoms. The van der Waals surface area contributed by atoms with E-state index in [9.17, 15) is 5.11 Å². The van der Waals surface area contributed by atoms with Crippen molar-refractivity contribution in [2.75, 3.05) is 13.6 Å². The lowest BCUT2D eigenvalue weighted by molar-refractivity contribution is 0.165. The summed E-state index contributed by atoms with van der Waals surface area (Å²) in [6, 6.07) is 0. The quantitative estimate of drug-likeness (QED) is 0.658. The Morgan fingerprint density at radius 1 is 1.44 bits per heavy atom. The van der Waals surface area contributed by atoms with Gasteiger partial charge in [0.05, 0.1) is 16.6 Å². The predicted octanol–water partition coefficient (Wildman–Crippen LogP) is 1.59. The molecule has 0 radical (unpaired) electrons. The fraction of sp³-hybridized carbons (Fsp3) is 0.833. The van der Waals surface area contributed by atoms with Crippen molar-refractivity contribution in [2.45, 2.75) is 45.0 Å². The van der Waals surface area contributed by atoms with Crippen LogP contribution in [0, 0.1) is 5.41 Å². The van der Waals surface area contributed by atoms with Gasteiger partial charge in [-0.3, -0.25) is 0 Å². The summed E-state index contributed by atoms with van der Waals surface area (Å²) in [5.41, 5.74) is 7.70. The minimum absolute atomic E-state index is 0.111. The van der Waals surface area contributed by atoms with Crippen molar-refractivity contribution in [2.24, 2.45) is 11.1 Å². The van der Waals surface area contributed by atoms with Crippen LogP contribution in [0.3, 0.4) is 0 Å². The van der Waals surface area contributed by atoms with Crippen LogP contribution < -0.4 is 5.73 Å². The molecule has 0 saturated heterocycles. The molecule has 0 bridgehead atoms. The summed E-state index contributed by atoms with van der Waals surface area (Å²) < 4.78 is 0. The molecule has 3 nitrogen and oxygen atoms in total. The second-order valence-electron chi connectivity index (χ2n) is 5.82. The van der Waals surface area contributed by atoms with Gasteiger partial charge >= 0.3 is 0 Å². The van der Waals surface area contributed by atoms with Crippen molar-refractivity contribution in [1.82, 2.24) is 4.90 Å². The first-order chi connectivity index (χ1) is 7.24. The molecule has 0 aromatic heterocycles. The van der Waals surface area contributed by atoms with Gasteiger partial charge in [0.25, 0.3) is 0 Å². The molecule has 0 fully saturated rings. The first kappa shape index (κ1) is 13.7. The first-order valence-electron chi connectivity index (χ1n) is 5.81. The highest BCUT2D eigenvalue weighted by Gasteiger charge is 2.37. The lowest BCUT2D eigenvalue weighted by atomic mass is 9.90. The first-order valence-corrected chi connectivity index (χ1v) is 6.32. The lowest BCUT2D eigenvalue weighted by Gasteiger charge is -2.39. The molecular weight excluding hydrogens is 220 g/mol. The summed E-state index contributed by atoms with van der Waals surface area (Å²) in [5, 5.41) is 9.36. The SMILES string of the molecule is CN(CCCC(C)(C)C)C1=C(N)C(O)C1S. The molecule has 3 N–H and O–H groups in total. The van der Waals surface area contributed by atoms with E-state index in [1.165, 1.54) is 6.42 Å². The second-order valence-corrected chi connectivity index (χ2v) is 6.37. The third-order valence-electron chi connectivity index (χ3n) is 3.03. The van der Waals surface area contributed by atoms with E-state index in [2.05, 4.69) is 38.3 Å². The van der Waals surface area contributed by atoms with Gasteiger partial charge in [-0.05, 0) is 18.3 Å². The van der Waals surface area contributed by atoms with Crippen molar-refractivity contribution in [3.63, 3.8) is 0 Å². The molecule has 1 rings (SSSR count). The minimum Gasteiger partial charge on any atom is -0.398 e. The third kappa shape index (κ3) is 3.08. The Morgan fingerprint density at radius 3 is 2.44 bits per heavy atom. The zero-order valence-electron chi connectivity index (χ0n) is 10.7. The Bertz CT molecular complexity index is 283. The number of aliphatic hydroxyl groups excluding tert-OH is 1. The number of nitrogens with two attached hydrogens (primary N) is 1. The van der Waals surface area contributed by atoms with Crippen molar-refractivity contribution in [3.8, 4) is 0 Å². The maximum absolute atomic E-state index is 9.47. The average Bonchev–Trinajstić information content (AvgIpc) is 2.15. The highest BCUT2D eigenvalue weighted by molar-refractivity contribution is 7.81. The molecule has 0 saturated carbocycles. The number of thiol groups is 1. The molecule has 4 heteroatoms. The summed E-state index contributed by atoms with van der Waals surface area (Å²) >= 11 is 4.32. The normalized spacial score (nSPS) is 25.6. The van der Waals surface area contributed by atoms with Gasteiger partial charge < -0.3 is 15.7 Å². The van der Waals surface area contributed by atoms with Crippen molar-refractivity contribution >= 4 is 12.6 Å². The predicted molar refractivity (Wildman–Crippen MR) is 71.3 cm³/mol. The van der Waals surface area contributed by atoms with Crippen molar-refractivity contribution < 1.29 is 5.11 Å². The number of hydrogen-bond donors (Lipinski definition) is 3. The van der Waals surface area contributed by atoms with Crippen LogP contribution >= 0.6 is 12.6 Å². The summed E-state index contributed by atoms with van der Waals surface area (Å²) in [6.45, 7) is 7.70. The summed E-state index contributed by atoms with van der Waals surface area (Å²) in [4.78, 5) is 2.12. The Hall–Kier alpha value is -0.350. The average molecular weight is 244 g/mol. The highest BCUT2D eigenvalue weighted by Crippen LogP contribution is 2.32. The standard InChI is InChI=1S/C12H24N2OS/c1-12(2,3)6-5-7-14(4)9-8(13)10(15)11(9)16/h10-11,15-16H,5-7,13H2,1-4H3. The van der Waals surface area contributed by atoms with E-state index in [0.717, 1.165) is 18.7 Å². The lowest BCUT2D eigenvalue weighted by Crippen LogP contribution is -2.47. The molecule has 1 aliphatic rings. The highest BCUT2D eigenvalue weighted by atomic mass is 32.1. The van der Waals surface area contributed by atoms with Crippen LogP contribution in [0.1, 0.15) is 33.6 Å². The van der Waals surface area contributed by atoms with Crippen LogP contribution in [0.2, 0.25) is 0 Å². The summed E-state index contributed by atoms with van der Waals surface area (Å²) in [7, 11) is 2.01. The summed E-state index contributed by atoms with van der Waals surface area (Å²) in [5.74, 6) is 0. The molecule has 0 spiro atoms. The largest absolute Gasteiger partial charge is 0.398 e. The van der Waals surface area contributed by atoms with Gasteiger partial charge in [-0.2, -0.15) is 12.6 Å². The molecule has 2 atom stereocenters. The third-order valence-corrected chi connectivity index (χ3v) is 3.55. The van der Waals surface area contributed by atoms with E-state index < -0.39 is 6.10 Å². The zero-order chi connectivity index (χ0) is 12.5. The van der Waals surface area contributed by atoms with Crippen LogP contribution in [-0.2, 0) is 0 Å². The van der Waals surface area contributed by atoms with E-state index in [1.54, 1.807) is 0 Å². The maximum Gasteiger partial charge on any atom is 0.112 e. The van der Waals surface area contributed by atoms with E-state index in [-0.39, 0.29) is 5.25 Å². The number of rotatable bonds is 4. The minimum atomic E-state index is -0.566. The van der Waals surface area contributed by atoms with E-state index in [4.69, 9.17) is 5.73 Å². The van der Waals surface area contributed by atoms with Gasteiger partial charge in [0, 0.05) is 13.6 Å². The molecule has 0 aromatic carbocycles. The van der Waals surface area contributed by atoms with Gasteiger partial charge in [0.15, 0.2) is 0 Å². The van der Waals surface area contributed by atoms with E-state index >= 15 is 0 Å². The Labute approximate surface area is 104 Å². The van der Waals surface area contributed by atoms with Gasteiger partial charge in [-0.1, -0.05) is 20.8 Å². The van der Waals surface area contributed by atoms with Crippen LogP contribution in [0.4, 0.5) is 0 Å². The fourth-order valence-corrected chi connectivity index (χ4v) is 2.47. The van der Waals surface area contributed by atoms with Crippen LogP contribution in [0.15, 0.2) is 11.4 Å². The molecule has 1 aliphatic carbocycles. The van der Waals surface area contributed by atoms with E-state index in [0.29, 0.717) is 11.1 Å². The molecule has 0 amide bonds. The maximum atomic E-state index is 9.47. The molecule has 0 aliphatic heterocycles. The van der Waals surface area contributed by atoms with E-state index in [1.807, 2.05) is 7.05 Å². The Balaban J connectivity index is 2.40. The molecule has 2 unspecified atom stereocenters. The molecule has 94 valence electrons.